The minimum absolute atomic E-state index is 0.346. The van der Waals surface area contributed by atoms with Crippen LogP contribution in [0.4, 0.5) is 5.69 Å². The Morgan fingerprint density at radius 3 is 3.06 bits per heavy atom. The fraction of sp³-hybridized carbons (Fsp3) is 0.538. The molecule has 0 saturated carbocycles. The summed E-state index contributed by atoms with van der Waals surface area (Å²) >= 11 is 0. The molecule has 5 nitrogen and oxygen atoms in total. The SMILES string of the molecule is COC(=O)c1cc(N2CC(CN)CC2C)ccn1. The number of aromatic nitrogens is 1. The quantitative estimate of drug-likeness (QED) is 0.811. The largest absolute Gasteiger partial charge is 0.464 e. The Labute approximate surface area is 107 Å². The molecular weight excluding hydrogens is 230 g/mol. The third-order valence-electron chi connectivity index (χ3n) is 3.46. The summed E-state index contributed by atoms with van der Waals surface area (Å²) in [4.78, 5) is 17.7. The number of carbonyl (C=O) groups is 1. The maximum absolute atomic E-state index is 11.5. The molecule has 1 aromatic rings. The van der Waals surface area contributed by atoms with Crippen LogP contribution < -0.4 is 10.6 Å². The van der Waals surface area contributed by atoms with Crippen LogP contribution in [0.1, 0.15) is 23.8 Å². The van der Waals surface area contributed by atoms with Gasteiger partial charge in [0.05, 0.1) is 7.11 Å². The third kappa shape index (κ3) is 2.46. The van der Waals surface area contributed by atoms with Gasteiger partial charge in [-0.05, 0) is 37.9 Å². The molecular formula is C13H19N3O2. The lowest BCUT2D eigenvalue weighted by molar-refractivity contribution is 0.0594. The lowest BCUT2D eigenvalue weighted by Gasteiger charge is -2.24. The summed E-state index contributed by atoms with van der Waals surface area (Å²) in [6.45, 7) is 3.81. The average molecular weight is 249 g/mol. The summed E-state index contributed by atoms with van der Waals surface area (Å²) in [5.74, 6) is 0.119. The van der Waals surface area contributed by atoms with Crippen molar-refractivity contribution in [2.45, 2.75) is 19.4 Å². The second kappa shape index (κ2) is 5.35. The topological polar surface area (TPSA) is 68.5 Å². The second-order valence-corrected chi connectivity index (χ2v) is 4.73. The van der Waals surface area contributed by atoms with Crippen molar-refractivity contribution >= 4 is 11.7 Å². The molecule has 2 unspecified atom stereocenters. The Morgan fingerprint density at radius 2 is 2.44 bits per heavy atom. The van der Waals surface area contributed by atoms with E-state index in [9.17, 15) is 4.79 Å². The normalized spacial score (nSPS) is 23.2. The fourth-order valence-corrected chi connectivity index (χ4v) is 2.49. The molecule has 1 aliphatic heterocycles. The first-order valence-electron chi connectivity index (χ1n) is 6.16. The Kier molecular flexibility index (Phi) is 3.81. The van der Waals surface area contributed by atoms with E-state index >= 15 is 0 Å². The van der Waals surface area contributed by atoms with Gasteiger partial charge in [0.25, 0.3) is 0 Å². The molecule has 1 aliphatic rings. The van der Waals surface area contributed by atoms with Crippen molar-refractivity contribution in [1.82, 2.24) is 4.98 Å². The number of methoxy groups -OCH3 is 1. The summed E-state index contributed by atoms with van der Waals surface area (Å²) in [6, 6.07) is 4.13. The Hall–Kier alpha value is -1.62. The summed E-state index contributed by atoms with van der Waals surface area (Å²) < 4.78 is 4.68. The molecule has 18 heavy (non-hydrogen) atoms. The summed E-state index contributed by atoms with van der Waals surface area (Å²) in [6.07, 6.45) is 2.73. The van der Waals surface area contributed by atoms with E-state index < -0.39 is 5.97 Å². The van der Waals surface area contributed by atoms with Crippen molar-refractivity contribution in [3.05, 3.63) is 24.0 Å². The highest BCUT2D eigenvalue weighted by molar-refractivity contribution is 5.88. The van der Waals surface area contributed by atoms with Gasteiger partial charge in [-0.2, -0.15) is 0 Å². The number of hydrogen-bond donors (Lipinski definition) is 1. The van der Waals surface area contributed by atoms with Gasteiger partial charge in [-0.15, -0.1) is 0 Å². The molecule has 0 aliphatic carbocycles. The molecule has 2 N–H and O–H groups in total. The van der Waals surface area contributed by atoms with Crippen LogP contribution in [0.2, 0.25) is 0 Å². The van der Waals surface area contributed by atoms with Crippen molar-refractivity contribution in [1.29, 1.82) is 0 Å². The maximum atomic E-state index is 11.5. The van der Waals surface area contributed by atoms with Crippen LogP contribution in [0.5, 0.6) is 0 Å². The van der Waals surface area contributed by atoms with Crippen LogP contribution >= 0.6 is 0 Å². The molecule has 5 heteroatoms. The van der Waals surface area contributed by atoms with Gasteiger partial charge < -0.3 is 15.4 Å². The minimum atomic E-state index is -0.404. The molecule has 0 radical (unpaired) electrons. The number of anilines is 1. The number of nitrogens with two attached hydrogens (primary N) is 1. The van der Waals surface area contributed by atoms with Gasteiger partial charge in [0.2, 0.25) is 0 Å². The van der Waals surface area contributed by atoms with Crippen LogP contribution in [-0.2, 0) is 4.74 Å². The van der Waals surface area contributed by atoms with Gasteiger partial charge in [-0.3, -0.25) is 0 Å². The standard InChI is InChI=1S/C13H19N3O2/c1-9-5-10(7-14)8-16(9)11-3-4-15-12(6-11)13(17)18-2/h3-4,6,9-10H,5,7-8,14H2,1-2H3. The molecule has 2 rings (SSSR count). The first kappa shape index (κ1) is 12.8. The van der Waals surface area contributed by atoms with E-state index in [4.69, 9.17) is 5.73 Å². The molecule has 1 aromatic heterocycles. The molecule has 0 bridgehead atoms. The van der Waals surface area contributed by atoms with Crippen molar-refractivity contribution in [2.24, 2.45) is 11.7 Å². The number of rotatable bonds is 3. The zero-order valence-electron chi connectivity index (χ0n) is 10.8. The zero-order valence-corrected chi connectivity index (χ0v) is 10.8. The fourth-order valence-electron chi connectivity index (χ4n) is 2.49. The molecule has 2 heterocycles. The number of hydrogen-bond acceptors (Lipinski definition) is 5. The number of pyridine rings is 1. The summed E-state index contributed by atoms with van der Waals surface area (Å²) in [5.41, 5.74) is 7.08. The molecule has 0 amide bonds. The zero-order chi connectivity index (χ0) is 13.1. The summed E-state index contributed by atoms with van der Waals surface area (Å²) in [5, 5.41) is 0. The maximum Gasteiger partial charge on any atom is 0.356 e. The van der Waals surface area contributed by atoms with Crippen LogP contribution in [0, 0.1) is 5.92 Å². The number of esters is 1. The lowest BCUT2D eigenvalue weighted by atomic mass is 10.1. The first-order valence-corrected chi connectivity index (χ1v) is 6.16. The van der Waals surface area contributed by atoms with Crippen LogP contribution in [0.15, 0.2) is 18.3 Å². The van der Waals surface area contributed by atoms with E-state index in [0.717, 1.165) is 18.7 Å². The highest BCUT2D eigenvalue weighted by Gasteiger charge is 2.28. The molecule has 0 spiro atoms. The predicted molar refractivity (Wildman–Crippen MR) is 69.5 cm³/mol. The van der Waals surface area contributed by atoms with Crippen molar-refractivity contribution < 1.29 is 9.53 Å². The predicted octanol–water partition coefficient (Wildman–Crippen LogP) is 1.04. The molecule has 0 aromatic carbocycles. The van der Waals surface area contributed by atoms with E-state index in [-0.39, 0.29) is 0 Å². The van der Waals surface area contributed by atoms with E-state index in [1.807, 2.05) is 6.07 Å². The van der Waals surface area contributed by atoms with E-state index in [1.54, 1.807) is 12.3 Å². The van der Waals surface area contributed by atoms with Crippen molar-refractivity contribution in [3.63, 3.8) is 0 Å². The molecule has 2 atom stereocenters. The van der Waals surface area contributed by atoms with Gasteiger partial charge in [0.1, 0.15) is 5.69 Å². The highest BCUT2D eigenvalue weighted by atomic mass is 16.5. The van der Waals surface area contributed by atoms with Gasteiger partial charge >= 0.3 is 5.97 Å². The van der Waals surface area contributed by atoms with Crippen LogP contribution in [-0.4, -0.2) is 37.2 Å². The van der Waals surface area contributed by atoms with Gasteiger partial charge in [-0.25, -0.2) is 9.78 Å². The smallest absolute Gasteiger partial charge is 0.356 e. The van der Waals surface area contributed by atoms with Gasteiger partial charge in [-0.1, -0.05) is 0 Å². The minimum Gasteiger partial charge on any atom is -0.464 e. The Balaban J connectivity index is 2.21. The summed E-state index contributed by atoms with van der Waals surface area (Å²) in [7, 11) is 1.36. The highest BCUT2D eigenvalue weighted by Crippen LogP contribution is 2.28. The molecule has 1 saturated heterocycles. The lowest BCUT2D eigenvalue weighted by Crippen LogP contribution is -2.27. The number of ether oxygens (including phenoxy) is 1. The second-order valence-electron chi connectivity index (χ2n) is 4.73. The van der Waals surface area contributed by atoms with Crippen LogP contribution in [0.3, 0.4) is 0 Å². The number of nitrogens with zero attached hydrogens (tertiary/aromatic N) is 2. The van der Waals surface area contributed by atoms with E-state index in [2.05, 4.69) is 21.5 Å². The Morgan fingerprint density at radius 1 is 1.67 bits per heavy atom. The van der Waals surface area contributed by atoms with E-state index in [1.165, 1.54) is 7.11 Å². The Bertz CT molecular complexity index is 436. The van der Waals surface area contributed by atoms with Crippen LogP contribution in [0.25, 0.3) is 0 Å². The first-order chi connectivity index (χ1) is 8.65. The molecule has 1 fully saturated rings. The molecule has 98 valence electrons. The van der Waals surface area contributed by atoms with Crippen molar-refractivity contribution in [2.75, 3.05) is 25.1 Å². The third-order valence-corrected chi connectivity index (χ3v) is 3.46. The van der Waals surface area contributed by atoms with Crippen molar-refractivity contribution in [3.8, 4) is 0 Å². The van der Waals surface area contributed by atoms with Gasteiger partial charge in [0.15, 0.2) is 0 Å². The average Bonchev–Trinajstić information content (AvgIpc) is 2.79. The van der Waals surface area contributed by atoms with Gasteiger partial charge in [0, 0.05) is 24.5 Å². The number of carbonyl (C=O) groups excluding carboxylic acids is 1. The van der Waals surface area contributed by atoms with E-state index in [0.29, 0.717) is 24.2 Å². The monoisotopic (exact) mass is 249 g/mol.